The predicted octanol–water partition coefficient (Wildman–Crippen LogP) is 5.98. The van der Waals surface area contributed by atoms with Gasteiger partial charge in [0.05, 0.1) is 29.4 Å². The van der Waals surface area contributed by atoms with Crippen molar-refractivity contribution in [1.82, 2.24) is 4.57 Å². The molecule has 4 aromatic rings. The zero-order valence-corrected chi connectivity index (χ0v) is 23.3. The van der Waals surface area contributed by atoms with E-state index >= 15 is 0 Å². The largest absolute Gasteiger partial charge is 0.455 e. The lowest BCUT2D eigenvalue weighted by atomic mass is 10.2. The number of rotatable bonds is 12. The Labute approximate surface area is 236 Å². The fourth-order valence-electron chi connectivity index (χ4n) is 4.28. The van der Waals surface area contributed by atoms with Crippen molar-refractivity contribution in [2.45, 2.75) is 31.2 Å². The van der Waals surface area contributed by atoms with Crippen LogP contribution in [0.1, 0.15) is 27.3 Å². The van der Waals surface area contributed by atoms with Crippen molar-refractivity contribution in [1.29, 1.82) is 0 Å². The molecule has 0 aliphatic carbocycles. The zero-order valence-electron chi connectivity index (χ0n) is 22.4. The first-order valence-electron chi connectivity index (χ1n) is 12.7. The SMILES string of the molecule is Cc1c(C(=O)Nc2ccc(S(C)(=O)=O)cc2)cc(CCOCc2ccccc2)n1-c1ccc(F)cc1OC(F)CF. The number of aromatic nitrogens is 1. The summed E-state index contributed by atoms with van der Waals surface area (Å²) in [6.07, 6.45) is -0.894. The number of ether oxygens (including phenoxy) is 2. The molecule has 0 saturated carbocycles. The molecule has 0 fully saturated rings. The minimum absolute atomic E-state index is 0.110. The number of amides is 1. The minimum Gasteiger partial charge on any atom is -0.455 e. The molecule has 1 heterocycles. The van der Waals surface area contributed by atoms with E-state index in [1.54, 1.807) is 17.6 Å². The fourth-order valence-corrected chi connectivity index (χ4v) is 4.91. The number of nitrogens with zero attached hydrogens (tertiary/aromatic N) is 1. The van der Waals surface area contributed by atoms with Gasteiger partial charge in [0, 0.05) is 35.8 Å². The number of carbonyl (C=O) groups is 1. The van der Waals surface area contributed by atoms with Gasteiger partial charge in [-0.2, -0.15) is 4.39 Å². The Kier molecular flexibility index (Phi) is 9.51. The van der Waals surface area contributed by atoms with Gasteiger partial charge in [0.25, 0.3) is 12.3 Å². The van der Waals surface area contributed by atoms with E-state index in [1.807, 2.05) is 30.3 Å². The van der Waals surface area contributed by atoms with Crippen molar-refractivity contribution in [3.05, 3.63) is 107 Å². The van der Waals surface area contributed by atoms with Gasteiger partial charge in [-0.25, -0.2) is 17.2 Å². The zero-order chi connectivity index (χ0) is 29.6. The Bertz CT molecular complexity index is 1610. The Morgan fingerprint density at radius 1 is 1.02 bits per heavy atom. The average Bonchev–Trinajstić information content (AvgIpc) is 3.27. The van der Waals surface area contributed by atoms with Gasteiger partial charge in [-0.1, -0.05) is 30.3 Å². The lowest BCUT2D eigenvalue weighted by Crippen LogP contribution is -2.16. The second kappa shape index (κ2) is 13.0. The molecular weight excluding hydrogens is 557 g/mol. The van der Waals surface area contributed by atoms with Gasteiger partial charge in [0.2, 0.25) is 0 Å². The molecule has 1 aromatic heterocycles. The molecule has 7 nitrogen and oxygen atoms in total. The second-order valence-corrected chi connectivity index (χ2v) is 11.3. The summed E-state index contributed by atoms with van der Waals surface area (Å²) in [7, 11) is -3.40. The summed E-state index contributed by atoms with van der Waals surface area (Å²) in [6, 6.07) is 20.4. The second-order valence-electron chi connectivity index (χ2n) is 9.30. The third-order valence-electron chi connectivity index (χ3n) is 6.26. The highest BCUT2D eigenvalue weighted by molar-refractivity contribution is 7.90. The topological polar surface area (TPSA) is 86.6 Å². The maximum atomic E-state index is 14.1. The maximum Gasteiger partial charge on any atom is 0.266 e. The summed E-state index contributed by atoms with van der Waals surface area (Å²) in [5, 5.41) is 2.74. The number of hydrogen-bond acceptors (Lipinski definition) is 5. The highest BCUT2D eigenvalue weighted by Crippen LogP contribution is 2.31. The molecule has 0 aliphatic rings. The molecule has 1 unspecified atom stereocenters. The first-order chi connectivity index (χ1) is 19.6. The van der Waals surface area contributed by atoms with E-state index in [-0.39, 0.29) is 28.5 Å². The number of alkyl halides is 2. The van der Waals surface area contributed by atoms with Crippen LogP contribution in [0, 0.1) is 12.7 Å². The number of anilines is 1. The molecule has 0 spiro atoms. The van der Waals surface area contributed by atoms with E-state index in [0.717, 1.165) is 24.0 Å². The molecule has 4 rings (SSSR count). The summed E-state index contributed by atoms with van der Waals surface area (Å²) < 4.78 is 76.9. The van der Waals surface area contributed by atoms with E-state index in [2.05, 4.69) is 5.32 Å². The van der Waals surface area contributed by atoms with Crippen molar-refractivity contribution in [3.8, 4) is 11.4 Å². The first-order valence-corrected chi connectivity index (χ1v) is 14.6. The summed E-state index contributed by atoms with van der Waals surface area (Å²) in [6.45, 7) is 0.861. The smallest absolute Gasteiger partial charge is 0.266 e. The number of hydrogen-bond donors (Lipinski definition) is 1. The van der Waals surface area contributed by atoms with E-state index in [1.165, 1.54) is 30.3 Å². The number of carbonyl (C=O) groups excluding carboxylic acids is 1. The van der Waals surface area contributed by atoms with Crippen LogP contribution in [0.2, 0.25) is 0 Å². The minimum atomic E-state index is -3.40. The Morgan fingerprint density at radius 3 is 2.39 bits per heavy atom. The average molecular weight is 587 g/mol. The van der Waals surface area contributed by atoms with Gasteiger partial charge in [0.15, 0.2) is 16.5 Å². The van der Waals surface area contributed by atoms with Crippen molar-refractivity contribution >= 4 is 21.4 Å². The number of benzene rings is 3. The van der Waals surface area contributed by atoms with Crippen molar-refractivity contribution in [3.63, 3.8) is 0 Å². The Morgan fingerprint density at radius 2 is 1.73 bits per heavy atom. The monoisotopic (exact) mass is 586 g/mol. The van der Waals surface area contributed by atoms with Crippen LogP contribution in [0.3, 0.4) is 0 Å². The van der Waals surface area contributed by atoms with Gasteiger partial charge < -0.3 is 19.4 Å². The Balaban J connectivity index is 1.66. The van der Waals surface area contributed by atoms with Crippen LogP contribution in [0.5, 0.6) is 5.75 Å². The van der Waals surface area contributed by atoms with Crippen molar-refractivity contribution in [2.75, 3.05) is 24.9 Å². The van der Waals surface area contributed by atoms with Crippen LogP contribution >= 0.6 is 0 Å². The van der Waals surface area contributed by atoms with E-state index in [4.69, 9.17) is 9.47 Å². The van der Waals surface area contributed by atoms with Crippen LogP contribution in [0.25, 0.3) is 5.69 Å². The quantitative estimate of drug-likeness (QED) is 0.206. The molecule has 3 aromatic carbocycles. The molecule has 1 atom stereocenters. The van der Waals surface area contributed by atoms with Gasteiger partial charge >= 0.3 is 0 Å². The number of halogens is 3. The molecular formula is C30H29F3N2O5S. The highest BCUT2D eigenvalue weighted by Gasteiger charge is 2.22. The van der Waals surface area contributed by atoms with Crippen LogP contribution in [-0.4, -0.2) is 44.8 Å². The van der Waals surface area contributed by atoms with Crippen LogP contribution in [0.4, 0.5) is 18.9 Å². The molecule has 0 aliphatic heterocycles. The van der Waals surface area contributed by atoms with E-state index in [9.17, 15) is 26.4 Å². The summed E-state index contributed by atoms with van der Waals surface area (Å²) in [4.78, 5) is 13.4. The third-order valence-corrected chi connectivity index (χ3v) is 7.39. The molecule has 0 saturated heterocycles. The fraction of sp³-hybridized carbons (Fsp3) is 0.233. The van der Waals surface area contributed by atoms with Crippen molar-refractivity contribution in [2.24, 2.45) is 0 Å². The molecule has 11 heteroatoms. The van der Waals surface area contributed by atoms with Gasteiger partial charge in [-0.05, 0) is 55.0 Å². The molecule has 216 valence electrons. The van der Waals surface area contributed by atoms with Crippen LogP contribution in [0.15, 0.2) is 83.8 Å². The summed E-state index contributed by atoms with van der Waals surface area (Å²) in [5.74, 6) is -1.43. The van der Waals surface area contributed by atoms with E-state index < -0.39 is 34.6 Å². The third kappa shape index (κ3) is 7.56. The molecule has 0 bridgehead atoms. The maximum absolute atomic E-state index is 14.1. The summed E-state index contributed by atoms with van der Waals surface area (Å²) >= 11 is 0. The van der Waals surface area contributed by atoms with Crippen LogP contribution in [-0.2, 0) is 27.6 Å². The molecule has 1 amide bonds. The van der Waals surface area contributed by atoms with Crippen molar-refractivity contribution < 1.29 is 35.9 Å². The van der Waals surface area contributed by atoms with E-state index in [0.29, 0.717) is 30.1 Å². The molecule has 0 radical (unpaired) electrons. The van der Waals surface area contributed by atoms with Gasteiger partial charge in [-0.3, -0.25) is 4.79 Å². The standard InChI is InChI=1S/C30H29F3N2O5S/c1-20-26(30(36)34-23-9-11-25(12-10-23)41(2,37)38)17-24(14-15-39-19-21-6-4-3-5-7-21)35(20)27-13-8-22(32)16-28(27)40-29(33)18-31/h3-13,16-17,29H,14-15,18-19H2,1-2H3,(H,34,36). The van der Waals surface area contributed by atoms with Crippen LogP contribution < -0.4 is 10.1 Å². The highest BCUT2D eigenvalue weighted by atomic mass is 32.2. The first kappa shape index (κ1) is 29.9. The molecule has 41 heavy (non-hydrogen) atoms. The molecule has 1 N–H and O–H groups in total. The lowest BCUT2D eigenvalue weighted by Gasteiger charge is -2.18. The normalized spacial score (nSPS) is 12.2. The van der Waals surface area contributed by atoms with Gasteiger partial charge in [0.1, 0.15) is 11.6 Å². The Hall–Kier alpha value is -4.09. The number of sulfone groups is 1. The lowest BCUT2D eigenvalue weighted by molar-refractivity contribution is 0.0431. The predicted molar refractivity (Wildman–Crippen MR) is 149 cm³/mol. The summed E-state index contributed by atoms with van der Waals surface area (Å²) in [5.41, 5.74) is 2.84. The van der Waals surface area contributed by atoms with Gasteiger partial charge in [-0.15, -0.1) is 0 Å². The number of nitrogens with one attached hydrogen (secondary N) is 1.